The van der Waals surface area contributed by atoms with Gasteiger partial charge in [0, 0.05) is 56.2 Å². The average molecular weight is 472 g/mol. The van der Waals surface area contributed by atoms with E-state index < -0.39 is 0 Å². The minimum Gasteiger partial charge on any atom is -0.497 e. The second kappa shape index (κ2) is 10.2. The van der Waals surface area contributed by atoms with Gasteiger partial charge in [-0.25, -0.2) is 0 Å². The van der Waals surface area contributed by atoms with E-state index in [0.717, 1.165) is 50.6 Å². The van der Waals surface area contributed by atoms with E-state index in [4.69, 9.17) is 9.47 Å². The van der Waals surface area contributed by atoms with Crippen molar-refractivity contribution in [1.82, 2.24) is 4.90 Å². The van der Waals surface area contributed by atoms with Gasteiger partial charge < -0.3 is 19.3 Å². The zero-order chi connectivity index (χ0) is 24.4. The van der Waals surface area contributed by atoms with Crippen LogP contribution >= 0.6 is 0 Å². The molecule has 2 heterocycles. The molecule has 1 saturated heterocycles. The fourth-order valence-electron chi connectivity index (χ4n) is 5.52. The predicted molar refractivity (Wildman–Crippen MR) is 144 cm³/mol. The molecule has 2 aliphatic rings. The zero-order valence-electron chi connectivity index (χ0n) is 21.4. The van der Waals surface area contributed by atoms with Crippen LogP contribution in [-0.2, 0) is 6.42 Å². The first-order chi connectivity index (χ1) is 17.1. The molecular formula is C30H37N3O2. The van der Waals surface area contributed by atoms with Gasteiger partial charge >= 0.3 is 0 Å². The van der Waals surface area contributed by atoms with Crippen molar-refractivity contribution in [2.24, 2.45) is 0 Å². The van der Waals surface area contributed by atoms with E-state index >= 15 is 0 Å². The van der Waals surface area contributed by atoms with Gasteiger partial charge in [0.15, 0.2) is 0 Å². The van der Waals surface area contributed by atoms with Crippen LogP contribution in [0, 0.1) is 0 Å². The van der Waals surface area contributed by atoms with Crippen LogP contribution in [0.5, 0.6) is 11.5 Å². The first-order valence-corrected chi connectivity index (χ1v) is 12.7. The van der Waals surface area contributed by atoms with E-state index in [1.165, 1.54) is 28.1 Å². The Morgan fingerprint density at radius 2 is 1.46 bits per heavy atom. The summed E-state index contributed by atoms with van der Waals surface area (Å²) in [5.41, 5.74) is 6.52. The standard InChI is InChI=1S/C30H37N3O2/c1-22(2)31-16-18-32(19-17-31)25-10-8-23(9-11-25)30-29-13-12-28(35-4)20-24(29)14-15-33(30)26-6-5-7-27(21-26)34-3/h5-13,20-22,30H,14-19H2,1-4H3. The van der Waals surface area contributed by atoms with Crippen molar-refractivity contribution in [3.8, 4) is 11.5 Å². The lowest BCUT2D eigenvalue weighted by Gasteiger charge is -2.40. The highest BCUT2D eigenvalue weighted by Crippen LogP contribution is 2.40. The van der Waals surface area contributed by atoms with Crippen LogP contribution in [0.1, 0.15) is 36.6 Å². The van der Waals surface area contributed by atoms with E-state index in [1.807, 2.05) is 6.07 Å². The minimum absolute atomic E-state index is 0.142. The summed E-state index contributed by atoms with van der Waals surface area (Å²) in [5.74, 6) is 1.81. The molecule has 0 N–H and O–H groups in total. The van der Waals surface area contributed by atoms with Crippen LogP contribution in [0.4, 0.5) is 11.4 Å². The van der Waals surface area contributed by atoms with Crippen molar-refractivity contribution in [3.63, 3.8) is 0 Å². The molecule has 5 rings (SSSR count). The van der Waals surface area contributed by atoms with Gasteiger partial charge in [0.2, 0.25) is 0 Å². The summed E-state index contributed by atoms with van der Waals surface area (Å²) in [7, 11) is 3.47. The van der Waals surface area contributed by atoms with Gasteiger partial charge in [0.25, 0.3) is 0 Å². The van der Waals surface area contributed by atoms with Crippen LogP contribution in [0.2, 0.25) is 0 Å². The molecule has 1 atom stereocenters. The van der Waals surface area contributed by atoms with Gasteiger partial charge in [0.1, 0.15) is 11.5 Å². The van der Waals surface area contributed by atoms with E-state index in [2.05, 4.69) is 89.2 Å². The molecule has 2 aliphatic heterocycles. The van der Waals surface area contributed by atoms with E-state index in [-0.39, 0.29) is 6.04 Å². The van der Waals surface area contributed by atoms with Crippen molar-refractivity contribution in [2.75, 3.05) is 56.7 Å². The monoisotopic (exact) mass is 471 g/mol. The molecule has 0 bridgehead atoms. The first kappa shape index (κ1) is 23.6. The van der Waals surface area contributed by atoms with Crippen molar-refractivity contribution in [2.45, 2.75) is 32.4 Å². The number of nitrogens with zero attached hydrogens (tertiary/aromatic N) is 3. The Balaban J connectivity index is 1.47. The lowest BCUT2D eigenvalue weighted by atomic mass is 9.87. The average Bonchev–Trinajstić information content (AvgIpc) is 2.92. The van der Waals surface area contributed by atoms with Crippen molar-refractivity contribution < 1.29 is 9.47 Å². The van der Waals surface area contributed by atoms with Gasteiger partial charge in [-0.1, -0.05) is 24.3 Å². The second-order valence-electron chi connectivity index (χ2n) is 9.82. The number of hydrogen-bond acceptors (Lipinski definition) is 5. The Bertz CT molecular complexity index is 1140. The third-order valence-corrected chi connectivity index (χ3v) is 7.58. The van der Waals surface area contributed by atoms with E-state index in [0.29, 0.717) is 6.04 Å². The maximum atomic E-state index is 5.54. The number of anilines is 2. The molecule has 184 valence electrons. The van der Waals surface area contributed by atoms with Gasteiger partial charge in [-0.15, -0.1) is 0 Å². The van der Waals surface area contributed by atoms with Gasteiger partial charge in [0.05, 0.1) is 20.3 Å². The number of ether oxygens (including phenoxy) is 2. The first-order valence-electron chi connectivity index (χ1n) is 12.7. The van der Waals surface area contributed by atoms with Crippen LogP contribution in [0.15, 0.2) is 66.7 Å². The number of fused-ring (bicyclic) bond motifs is 1. The number of benzene rings is 3. The summed E-state index contributed by atoms with van der Waals surface area (Å²) in [6.45, 7) is 9.93. The molecule has 0 saturated carbocycles. The Morgan fingerprint density at radius 3 is 2.14 bits per heavy atom. The number of hydrogen-bond donors (Lipinski definition) is 0. The fourth-order valence-corrected chi connectivity index (χ4v) is 5.52. The van der Waals surface area contributed by atoms with Gasteiger partial charge in [-0.05, 0) is 73.4 Å². The van der Waals surface area contributed by atoms with Gasteiger partial charge in [-0.3, -0.25) is 4.90 Å². The highest BCUT2D eigenvalue weighted by atomic mass is 16.5. The number of methoxy groups -OCH3 is 2. The third kappa shape index (κ3) is 4.83. The summed E-state index contributed by atoms with van der Waals surface area (Å²) >= 11 is 0. The minimum atomic E-state index is 0.142. The summed E-state index contributed by atoms with van der Waals surface area (Å²) in [5, 5.41) is 0. The lowest BCUT2D eigenvalue weighted by molar-refractivity contribution is 0.209. The Kier molecular flexibility index (Phi) is 6.87. The summed E-state index contributed by atoms with van der Waals surface area (Å²) in [6, 6.07) is 25.0. The molecule has 0 aromatic heterocycles. The molecule has 5 nitrogen and oxygen atoms in total. The maximum Gasteiger partial charge on any atom is 0.120 e. The number of piperazine rings is 1. The van der Waals surface area contributed by atoms with Gasteiger partial charge in [-0.2, -0.15) is 0 Å². The summed E-state index contributed by atoms with van der Waals surface area (Å²) < 4.78 is 11.1. The van der Waals surface area contributed by atoms with Crippen LogP contribution < -0.4 is 19.3 Å². The SMILES string of the molecule is COc1cccc(N2CCc3cc(OC)ccc3C2c2ccc(N3CCN(C(C)C)CC3)cc2)c1. The molecular weight excluding hydrogens is 434 g/mol. The summed E-state index contributed by atoms with van der Waals surface area (Å²) in [6.07, 6.45) is 0.985. The quantitative estimate of drug-likeness (QED) is 0.481. The normalized spacial score (nSPS) is 18.5. The molecule has 1 unspecified atom stereocenters. The molecule has 3 aromatic carbocycles. The molecule has 0 aliphatic carbocycles. The molecule has 0 spiro atoms. The van der Waals surface area contributed by atoms with E-state index in [9.17, 15) is 0 Å². The predicted octanol–water partition coefficient (Wildman–Crippen LogP) is 5.39. The largest absolute Gasteiger partial charge is 0.497 e. The van der Waals surface area contributed by atoms with Crippen LogP contribution in [0.25, 0.3) is 0 Å². The van der Waals surface area contributed by atoms with Crippen molar-refractivity contribution >= 4 is 11.4 Å². The third-order valence-electron chi connectivity index (χ3n) is 7.58. The smallest absolute Gasteiger partial charge is 0.120 e. The highest BCUT2D eigenvalue weighted by Gasteiger charge is 2.30. The molecule has 0 amide bonds. The molecule has 35 heavy (non-hydrogen) atoms. The topological polar surface area (TPSA) is 28.2 Å². The lowest BCUT2D eigenvalue weighted by Crippen LogP contribution is -2.48. The number of rotatable bonds is 6. The van der Waals surface area contributed by atoms with Crippen molar-refractivity contribution in [3.05, 3.63) is 83.4 Å². The molecule has 0 radical (unpaired) electrons. The van der Waals surface area contributed by atoms with Crippen molar-refractivity contribution in [1.29, 1.82) is 0 Å². The summed E-state index contributed by atoms with van der Waals surface area (Å²) in [4.78, 5) is 7.58. The maximum absolute atomic E-state index is 5.54. The molecule has 5 heteroatoms. The van der Waals surface area contributed by atoms with Crippen LogP contribution in [-0.4, -0.2) is 57.9 Å². The second-order valence-corrected chi connectivity index (χ2v) is 9.82. The molecule has 1 fully saturated rings. The Hall–Kier alpha value is -3.18. The zero-order valence-corrected chi connectivity index (χ0v) is 21.4. The highest BCUT2D eigenvalue weighted by molar-refractivity contribution is 5.60. The molecule has 3 aromatic rings. The van der Waals surface area contributed by atoms with E-state index in [1.54, 1.807) is 14.2 Å². The Labute approximate surface area is 209 Å². The Morgan fingerprint density at radius 1 is 0.743 bits per heavy atom. The van der Waals surface area contributed by atoms with Crippen LogP contribution in [0.3, 0.4) is 0 Å². The fraction of sp³-hybridized carbons (Fsp3) is 0.400.